The second-order valence-corrected chi connectivity index (χ2v) is 5.30. The Bertz CT molecular complexity index is 524. The molecule has 1 aromatic carbocycles. The molecule has 0 atom stereocenters. The lowest BCUT2D eigenvalue weighted by atomic mass is 10.2. The molecule has 6 heteroatoms. The fraction of sp³-hybridized carbons (Fsp3) is 0.364. The molecule has 0 unspecified atom stereocenters. The summed E-state index contributed by atoms with van der Waals surface area (Å²) >= 11 is 0. The van der Waals surface area contributed by atoms with E-state index in [1.165, 1.54) is 6.07 Å². The van der Waals surface area contributed by atoms with Gasteiger partial charge in [0, 0.05) is 12.1 Å². The van der Waals surface area contributed by atoms with E-state index in [4.69, 9.17) is 5.14 Å². The van der Waals surface area contributed by atoms with Crippen molar-refractivity contribution < 1.29 is 13.2 Å². The van der Waals surface area contributed by atoms with Gasteiger partial charge in [-0.25, -0.2) is 13.6 Å². The second kappa shape index (κ2) is 5.29. The Morgan fingerprint density at radius 3 is 2.59 bits per heavy atom. The van der Waals surface area contributed by atoms with Gasteiger partial charge in [-0.3, -0.25) is 4.79 Å². The highest BCUT2D eigenvalue weighted by Gasteiger charge is 2.14. The lowest BCUT2D eigenvalue weighted by Gasteiger charge is -2.10. The predicted molar refractivity (Wildman–Crippen MR) is 66.1 cm³/mol. The van der Waals surface area contributed by atoms with Crippen molar-refractivity contribution in [2.45, 2.75) is 31.6 Å². The van der Waals surface area contributed by atoms with E-state index in [0.717, 1.165) is 6.42 Å². The summed E-state index contributed by atoms with van der Waals surface area (Å²) < 4.78 is 22.6. The molecule has 1 aromatic rings. The zero-order chi connectivity index (χ0) is 13.1. The third-order valence-corrected chi connectivity index (χ3v) is 3.40. The maximum atomic E-state index is 11.4. The highest BCUT2D eigenvalue weighted by atomic mass is 32.2. The molecule has 0 saturated carbocycles. The van der Waals surface area contributed by atoms with Crippen LogP contribution in [0.3, 0.4) is 0 Å². The fourth-order valence-electron chi connectivity index (χ4n) is 1.50. The number of carbonyl (C=O) groups excluding carboxylic acids is 1. The van der Waals surface area contributed by atoms with Crippen LogP contribution in [0.5, 0.6) is 0 Å². The fourth-order valence-corrected chi connectivity index (χ4v) is 2.30. The number of sulfonamides is 1. The van der Waals surface area contributed by atoms with Gasteiger partial charge in [-0.05, 0) is 31.0 Å². The number of amides is 1. The zero-order valence-electron chi connectivity index (χ0n) is 9.86. The van der Waals surface area contributed by atoms with Gasteiger partial charge >= 0.3 is 0 Å². The number of nitrogens with one attached hydrogen (secondary N) is 1. The average molecular weight is 256 g/mol. The van der Waals surface area contributed by atoms with Gasteiger partial charge in [0.1, 0.15) is 0 Å². The van der Waals surface area contributed by atoms with Crippen molar-refractivity contribution in [1.29, 1.82) is 0 Å². The van der Waals surface area contributed by atoms with Crippen molar-refractivity contribution in [3.63, 3.8) is 0 Å². The minimum Gasteiger partial charge on any atom is -0.326 e. The maximum Gasteiger partial charge on any atom is 0.238 e. The van der Waals surface area contributed by atoms with Gasteiger partial charge in [0.15, 0.2) is 0 Å². The topological polar surface area (TPSA) is 89.3 Å². The molecule has 1 rings (SSSR count). The van der Waals surface area contributed by atoms with Gasteiger partial charge in [-0.1, -0.05) is 13.0 Å². The lowest BCUT2D eigenvalue weighted by molar-refractivity contribution is -0.116. The van der Waals surface area contributed by atoms with Crippen molar-refractivity contribution in [1.82, 2.24) is 0 Å². The molecular formula is C11H16N2O3S. The summed E-state index contributed by atoms with van der Waals surface area (Å²) in [6.07, 6.45) is 1.14. The van der Waals surface area contributed by atoms with E-state index in [2.05, 4.69) is 5.32 Å². The number of nitrogens with two attached hydrogens (primary N) is 1. The molecule has 0 spiro atoms. The van der Waals surface area contributed by atoms with Crippen LogP contribution in [0.4, 0.5) is 5.69 Å². The largest absolute Gasteiger partial charge is 0.326 e. The molecule has 0 radical (unpaired) electrons. The number of rotatable bonds is 4. The Hall–Kier alpha value is -1.40. The van der Waals surface area contributed by atoms with E-state index in [0.29, 0.717) is 17.7 Å². The van der Waals surface area contributed by atoms with Crippen LogP contribution in [0, 0.1) is 6.92 Å². The SMILES string of the molecule is CCCC(=O)Nc1cccc(S(N)(=O)=O)c1C. The highest BCUT2D eigenvalue weighted by Crippen LogP contribution is 2.22. The molecule has 0 aliphatic carbocycles. The van der Waals surface area contributed by atoms with Crippen LogP contribution in [0.2, 0.25) is 0 Å². The van der Waals surface area contributed by atoms with Crippen molar-refractivity contribution in [2.75, 3.05) is 5.32 Å². The summed E-state index contributed by atoms with van der Waals surface area (Å²) in [5.74, 6) is -0.137. The average Bonchev–Trinajstić information content (AvgIpc) is 2.19. The summed E-state index contributed by atoms with van der Waals surface area (Å²) in [6.45, 7) is 3.51. The van der Waals surface area contributed by atoms with Gasteiger partial charge < -0.3 is 5.32 Å². The van der Waals surface area contributed by atoms with Crippen LogP contribution in [0.25, 0.3) is 0 Å². The monoisotopic (exact) mass is 256 g/mol. The van der Waals surface area contributed by atoms with Gasteiger partial charge in [0.25, 0.3) is 0 Å². The third kappa shape index (κ3) is 3.54. The van der Waals surface area contributed by atoms with Gasteiger partial charge in [0.2, 0.25) is 15.9 Å². The van der Waals surface area contributed by atoms with Crippen LogP contribution in [-0.2, 0) is 14.8 Å². The summed E-state index contributed by atoms with van der Waals surface area (Å²) in [7, 11) is -3.76. The molecule has 0 aromatic heterocycles. The summed E-state index contributed by atoms with van der Waals surface area (Å²) in [5.41, 5.74) is 0.939. The first kappa shape index (κ1) is 13.7. The second-order valence-electron chi connectivity index (χ2n) is 3.77. The summed E-state index contributed by atoms with van der Waals surface area (Å²) in [4.78, 5) is 11.5. The molecule has 0 aliphatic rings. The van der Waals surface area contributed by atoms with E-state index in [1.54, 1.807) is 19.1 Å². The number of primary sulfonamides is 1. The summed E-state index contributed by atoms with van der Waals surface area (Å²) in [5, 5.41) is 7.74. The smallest absolute Gasteiger partial charge is 0.238 e. The number of anilines is 1. The number of carbonyl (C=O) groups is 1. The minimum absolute atomic E-state index is 0.0341. The first-order valence-corrected chi connectivity index (χ1v) is 6.83. The summed E-state index contributed by atoms with van der Waals surface area (Å²) in [6, 6.07) is 4.62. The van der Waals surface area contributed by atoms with Crippen molar-refractivity contribution in [2.24, 2.45) is 5.14 Å². The predicted octanol–water partition coefficient (Wildman–Crippen LogP) is 1.38. The van der Waals surface area contributed by atoms with Crippen LogP contribution in [0.15, 0.2) is 23.1 Å². The molecule has 17 heavy (non-hydrogen) atoms. The van der Waals surface area contributed by atoms with Crippen LogP contribution in [-0.4, -0.2) is 14.3 Å². The van der Waals surface area contributed by atoms with E-state index in [1.807, 2.05) is 6.92 Å². The van der Waals surface area contributed by atoms with E-state index >= 15 is 0 Å². The molecule has 0 heterocycles. The van der Waals surface area contributed by atoms with E-state index < -0.39 is 10.0 Å². The number of hydrogen-bond acceptors (Lipinski definition) is 3. The molecule has 5 nitrogen and oxygen atoms in total. The standard InChI is InChI=1S/C11H16N2O3S/c1-3-5-11(14)13-9-6-4-7-10(8(9)2)17(12,15)16/h4,6-7H,3,5H2,1-2H3,(H,13,14)(H2,12,15,16). The molecule has 0 fully saturated rings. The molecular weight excluding hydrogens is 240 g/mol. The van der Waals surface area contributed by atoms with Crippen molar-refractivity contribution >= 4 is 21.6 Å². The number of benzene rings is 1. The Balaban J connectivity index is 3.08. The van der Waals surface area contributed by atoms with Gasteiger partial charge in [-0.2, -0.15) is 0 Å². The molecule has 3 N–H and O–H groups in total. The Kier molecular flexibility index (Phi) is 4.25. The number of hydrogen-bond donors (Lipinski definition) is 2. The molecule has 94 valence electrons. The van der Waals surface area contributed by atoms with Crippen LogP contribution >= 0.6 is 0 Å². The molecule has 1 amide bonds. The molecule has 0 bridgehead atoms. The van der Waals surface area contributed by atoms with Gasteiger partial charge in [0.05, 0.1) is 4.90 Å². The van der Waals surface area contributed by atoms with E-state index in [-0.39, 0.29) is 10.8 Å². The van der Waals surface area contributed by atoms with E-state index in [9.17, 15) is 13.2 Å². The zero-order valence-corrected chi connectivity index (χ0v) is 10.7. The Labute approximate surface area is 101 Å². The minimum atomic E-state index is -3.76. The van der Waals surface area contributed by atoms with Crippen LogP contribution < -0.4 is 10.5 Å². The van der Waals surface area contributed by atoms with Crippen molar-refractivity contribution in [3.8, 4) is 0 Å². The molecule has 0 saturated heterocycles. The lowest BCUT2D eigenvalue weighted by Crippen LogP contribution is -2.16. The van der Waals surface area contributed by atoms with Crippen molar-refractivity contribution in [3.05, 3.63) is 23.8 Å². The first-order valence-electron chi connectivity index (χ1n) is 5.28. The van der Waals surface area contributed by atoms with Gasteiger partial charge in [-0.15, -0.1) is 0 Å². The van der Waals surface area contributed by atoms with Crippen LogP contribution in [0.1, 0.15) is 25.3 Å². The Morgan fingerprint density at radius 2 is 2.06 bits per heavy atom. The Morgan fingerprint density at radius 1 is 1.41 bits per heavy atom. The maximum absolute atomic E-state index is 11.4. The first-order chi connectivity index (χ1) is 7.86. The highest BCUT2D eigenvalue weighted by molar-refractivity contribution is 7.89. The normalized spacial score (nSPS) is 11.2. The molecule has 0 aliphatic heterocycles. The third-order valence-electron chi connectivity index (χ3n) is 2.34. The quantitative estimate of drug-likeness (QED) is 0.852.